The van der Waals surface area contributed by atoms with Crippen molar-refractivity contribution in [1.29, 1.82) is 0 Å². The minimum absolute atomic E-state index is 0.0159. The summed E-state index contributed by atoms with van der Waals surface area (Å²) in [6.07, 6.45) is 4.09. The molecule has 0 spiro atoms. The molecule has 0 aromatic carbocycles. The molecule has 228 valence electrons. The van der Waals surface area contributed by atoms with E-state index < -0.39 is 53.3 Å². The fourth-order valence-electron chi connectivity index (χ4n) is 6.08. The number of amides is 4. The number of allylic oxidation sites excluding steroid dienone is 2. The van der Waals surface area contributed by atoms with Gasteiger partial charge in [-0.25, -0.2) is 4.79 Å². The Morgan fingerprint density at radius 1 is 1.07 bits per heavy atom. The zero-order chi connectivity index (χ0) is 30.9. The van der Waals surface area contributed by atoms with Crippen molar-refractivity contribution in [3.05, 3.63) is 11.6 Å². The molecule has 0 bridgehead atoms. The lowest BCUT2D eigenvalue weighted by Crippen LogP contribution is -2.58. The molecule has 1 aliphatic heterocycles. The van der Waals surface area contributed by atoms with Crippen LogP contribution in [0, 0.1) is 23.2 Å². The van der Waals surface area contributed by atoms with E-state index in [-0.39, 0.29) is 41.8 Å². The maximum absolute atomic E-state index is 14.0. The number of rotatable bonds is 12. The van der Waals surface area contributed by atoms with Crippen LogP contribution in [-0.4, -0.2) is 70.6 Å². The van der Waals surface area contributed by atoms with Gasteiger partial charge in [-0.15, -0.1) is 0 Å². The molecule has 0 aromatic heterocycles. The molecule has 2 saturated carbocycles. The summed E-state index contributed by atoms with van der Waals surface area (Å²) >= 11 is 0. The van der Waals surface area contributed by atoms with Crippen LogP contribution in [0.4, 0.5) is 4.79 Å². The Labute approximate surface area is 242 Å². The number of nitrogens with one attached hydrogen (secondary N) is 2. The number of likely N-dealkylation sites (tertiary alicyclic amines) is 1. The number of hydrogen-bond donors (Lipinski definition) is 3. The molecule has 1 heterocycles. The van der Waals surface area contributed by atoms with Crippen LogP contribution >= 0.6 is 0 Å². The number of Topliss-reactive ketones (excluding diaryl/α,β-unsaturated/α-hetero) is 2. The summed E-state index contributed by atoms with van der Waals surface area (Å²) in [4.78, 5) is 78.7. The Morgan fingerprint density at radius 3 is 2.22 bits per heavy atom. The van der Waals surface area contributed by atoms with E-state index in [2.05, 4.69) is 10.6 Å². The lowest BCUT2D eigenvalue weighted by Gasteiger charge is -2.35. The van der Waals surface area contributed by atoms with Gasteiger partial charge in [0.15, 0.2) is 5.78 Å². The first-order valence-electron chi connectivity index (χ1n) is 14.6. The SMILES string of the molecule is C/C=C(\C)C(=O)CC[C@H](NC(=O)OC(C)(C)C)C(=O)N1CC2C(C1C(=O)NC(CC1CCC1)C(=O)C(N)=O)C2(C)C. The number of carbonyl (C=O) groups excluding carboxylic acids is 6. The largest absolute Gasteiger partial charge is 0.444 e. The van der Waals surface area contributed by atoms with Crippen LogP contribution in [0.25, 0.3) is 0 Å². The van der Waals surface area contributed by atoms with Crippen molar-refractivity contribution in [2.45, 2.75) is 111 Å². The Morgan fingerprint density at radius 2 is 1.71 bits per heavy atom. The summed E-state index contributed by atoms with van der Waals surface area (Å²) in [6.45, 7) is 12.9. The van der Waals surface area contributed by atoms with Crippen LogP contribution < -0.4 is 16.4 Å². The van der Waals surface area contributed by atoms with E-state index >= 15 is 0 Å². The molecule has 11 heteroatoms. The molecule has 2 aliphatic carbocycles. The van der Waals surface area contributed by atoms with Gasteiger partial charge in [0, 0.05) is 13.0 Å². The number of piperidine rings is 1. The average Bonchev–Trinajstić information content (AvgIpc) is 3.17. The van der Waals surface area contributed by atoms with Crippen LogP contribution in [-0.2, 0) is 28.7 Å². The molecule has 4 amide bonds. The molecule has 4 unspecified atom stereocenters. The maximum Gasteiger partial charge on any atom is 0.408 e. The van der Waals surface area contributed by atoms with E-state index in [1.807, 2.05) is 13.8 Å². The van der Waals surface area contributed by atoms with Gasteiger partial charge in [-0.2, -0.15) is 0 Å². The Kier molecular flexibility index (Phi) is 9.70. The van der Waals surface area contributed by atoms with Gasteiger partial charge in [0.25, 0.3) is 5.91 Å². The van der Waals surface area contributed by atoms with Crippen molar-refractivity contribution in [2.75, 3.05) is 6.54 Å². The van der Waals surface area contributed by atoms with Crippen molar-refractivity contribution in [2.24, 2.45) is 28.9 Å². The van der Waals surface area contributed by atoms with E-state index in [1.54, 1.807) is 40.7 Å². The molecule has 41 heavy (non-hydrogen) atoms. The Balaban J connectivity index is 1.84. The van der Waals surface area contributed by atoms with Gasteiger partial charge < -0.3 is 26.0 Å². The summed E-state index contributed by atoms with van der Waals surface area (Å²) in [5.74, 6) is -3.03. The van der Waals surface area contributed by atoms with Crippen LogP contribution in [0.15, 0.2) is 11.6 Å². The normalized spacial score (nSPS) is 24.8. The highest BCUT2D eigenvalue weighted by Crippen LogP contribution is 2.65. The monoisotopic (exact) mass is 574 g/mol. The van der Waals surface area contributed by atoms with Crippen molar-refractivity contribution in [3.63, 3.8) is 0 Å². The predicted octanol–water partition coefficient (Wildman–Crippen LogP) is 2.41. The highest BCUT2D eigenvalue weighted by Gasteiger charge is 2.69. The van der Waals surface area contributed by atoms with Gasteiger partial charge in [0.2, 0.25) is 17.6 Å². The zero-order valence-electron chi connectivity index (χ0n) is 25.4. The summed E-state index contributed by atoms with van der Waals surface area (Å²) < 4.78 is 5.37. The minimum atomic E-state index is -1.11. The second-order valence-electron chi connectivity index (χ2n) is 13.3. The van der Waals surface area contributed by atoms with Gasteiger partial charge in [-0.1, -0.05) is 39.2 Å². The van der Waals surface area contributed by atoms with Gasteiger partial charge in [-0.3, -0.25) is 24.0 Å². The third kappa shape index (κ3) is 7.54. The average molecular weight is 575 g/mol. The predicted molar refractivity (Wildman–Crippen MR) is 151 cm³/mol. The Bertz CT molecular complexity index is 1120. The lowest BCUT2D eigenvalue weighted by atomic mass is 9.80. The van der Waals surface area contributed by atoms with Crippen LogP contribution in [0.5, 0.6) is 0 Å². The quantitative estimate of drug-likeness (QED) is 0.238. The molecule has 11 nitrogen and oxygen atoms in total. The number of primary amides is 1. The van der Waals surface area contributed by atoms with Gasteiger partial charge >= 0.3 is 6.09 Å². The third-order valence-electron chi connectivity index (χ3n) is 8.95. The van der Waals surface area contributed by atoms with Crippen molar-refractivity contribution >= 4 is 35.4 Å². The van der Waals surface area contributed by atoms with Gasteiger partial charge in [0.1, 0.15) is 17.7 Å². The molecule has 3 fully saturated rings. The summed E-state index contributed by atoms with van der Waals surface area (Å²) in [5, 5.41) is 5.36. The van der Waals surface area contributed by atoms with Crippen molar-refractivity contribution < 1.29 is 33.5 Å². The second-order valence-corrected chi connectivity index (χ2v) is 13.3. The number of carbonyl (C=O) groups is 6. The molecule has 3 rings (SSSR count). The Hall–Kier alpha value is -3.24. The van der Waals surface area contributed by atoms with E-state index in [0.29, 0.717) is 18.5 Å². The fraction of sp³-hybridized carbons (Fsp3) is 0.733. The molecule has 0 aromatic rings. The minimum Gasteiger partial charge on any atom is -0.444 e. The lowest BCUT2D eigenvalue weighted by molar-refractivity contribution is -0.144. The molecule has 0 radical (unpaired) electrons. The first-order valence-corrected chi connectivity index (χ1v) is 14.6. The van der Waals surface area contributed by atoms with E-state index in [0.717, 1.165) is 19.3 Å². The molecule has 4 N–H and O–H groups in total. The number of fused-ring (bicyclic) bond motifs is 1. The van der Waals surface area contributed by atoms with Crippen molar-refractivity contribution in [3.8, 4) is 0 Å². The van der Waals surface area contributed by atoms with Crippen LogP contribution in [0.1, 0.15) is 87.0 Å². The van der Waals surface area contributed by atoms with Crippen LogP contribution in [0.3, 0.4) is 0 Å². The zero-order valence-corrected chi connectivity index (χ0v) is 25.4. The number of hydrogen-bond acceptors (Lipinski definition) is 7. The maximum atomic E-state index is 14.0. The number of nitrogens with zero attached hydrogens (tertiary/aromatic N) is 1. The fourth-order valence-corrected chi connectivity index (χ4v) is 6.08. The molecule has 1 saturated heterocycles. The highest BCUT2D eigenvalue weighted by molar-refractivity contribution is 6.37. The van der Waals surface area contributed by atoms with E-state index in [1.165, 1.54) is 4.90 Å². The number of ketones is 2. The first-order chi connectivity index (χ1) is 19.0. The summed E-state index contributed by atoms with van der Waals surface area (Å²) in [7, 11) is 0. The molecular weight excluding hydrogens is 528 g/mol. The topological polar surface area (TPSA) is 165 Å². The molecular formula is C30H46N4O7. The van der Waals surface area contributed by atoms with E-state index in [9.17, 15) is 28.8 Å². The number of ether oxygens (including phenoxy) is 1. The smallest absolute Gasteiger partial charge is 0.408 e. The third-order valence-corrected chi connectivity index (χ3v) is 8.95. The van der Waals surface area contributed by atoms with Gasteiger partial charge in [0.05, 0.1) is 6.04 Å². The van der Waals surface area contributed by atoms with Gasteiger partial charge in [-0.05, 0) is 76.2 Å². The van der Waals surface area contributed by atoms with Crippen LogP contribution in [0.2, 0.25) is 0 Å². The molecule has 5 atom stereocenters. The summed E-state index contributed by atoms with van der Waals surface area (Å²) in [5.41, 5.74) is 4.82. The highest BCUT2D eigenvalue weighted by atomic mass is 16.6. The summed E-state index contributed by atoms with van der Waals surface area (Å²) in [6, 6.07) is -3.06. The molecule has 3 aliphatic rings. The first kappa shape index (κ1) is 32.3. The standard InChI is InChI=1S/C30H46N4O7/c1-8-16(2)21(35)13-12-19(33-28(40)41-29(3,4)5)27(39)34-15-18-22(30(18,6)7)23(34)26(38)32-20(24(36)25(31)37)14-17-10-9-11-17/h8,17-20,22-23H,9-15H2,1-7H3,(H2,31,37)(H,32,38)(H,33,40)/b16-8+/t18?,19-,20?,22?,23?/m0/s1. The second kappa shape index (κ2) is 12.3. The number of nitrogens with two attached hydrogens (primary N) is 1. The van der Waals surface area contributed by atoms with Crippen molar-refractivity contribution in [1.82, 2.24) is 15.5 Å². The number of alkyl carbamates (subject to hydrolysis) is 1. The van der Waals surface area contributed by atoms with E-state index in [4.69, 9.17) is 10.5 Å².